The van der Waals surface area contributed by atoms with Crippen molar-refractivity contribution >= 4 is 16.8 Å². The highest BCUT2D eigenvalue weighted by Gasteiger charge is 2.19. The van der Waals surface area contributed by atoms with Gasteiger partial charge in [0, 0.05) is 37.2 Å². The third-order valence-electron chi connectivity index (χ3n) is 5.07. The van der Waals surface area contributed by atoms with Crippen LogP contribution in [0.25, 0.3) is 11.0 Å². The molecule has 6 heteroatoms. The van der Waals surface area contributed by atoms with E-state index in [-0.39, 0.29) is 18.0 Å². The van der Waals surface area contributed by atoms with E-state index >= 15 is 0 Å². The van der Waals surface area contributed by atoms with Crippen LogP contribution in [0.1, 0.15) is 35.1 Å². The molecule has 2 heterocycles. The molecule has 0 N–H and O–H groups in total. The lowest BCUT2D eigenvalue weighted by Gasteiger charge is -2.09. The lowest BCUT2D eigenvalue weighted by Crippen LogP contribution is -2.27. The molecule has 2 aromatic heterocycles. The zero-order valence-corrected chi connectivity index (χ0v) is 16.5. The van der Waals surface area contributed by atoms with E-state index in [2.05, 4.69) is 4.57 Å². The fraction of sp³-hybridized carbons (Fsp3) is 0.429. The van der Waals surface area contributed by atoms with Gasteiger partial charge in [0.25, 0.3) is 0 Å². The van der Waals surface area contributed by atoms with Crippen LogP contribution in [0, 0.1) is 13.8 Å². The van der Waals surface area contributed by atoms with Crippen LogP contribution in [-0.4, -0.2) is 33.2 Å². The Kier molecular flexibility index (Phi) is 5.65. The van der Waals surface area contributed by atoms with Crippen molar-refractivity contribution in [3.05, 3.63) is 57.8 Å². The summed E-state index contributed by atoms with van der Waals surface area (Å²) in [5, 5.41) is 0. The number of para-hydroxylation sites is 2. The number of aryl methyl sites for hydroxylation is 2. The summed E-state index contributed by atoms with van der Waals surface area (Å²) in [4.78, 5) is 25.9. The second kappa shape index (κ2) is 7.96. The summed E-state index contributed by atoms with van der Waals surface area (Å²) in [6.07, 6.45) is 0.864. The molecule has 0 aliphatic carbocycles. The topological polar surface area (TPSA) is 58.2 Å². The molecule has 27 heavy (non-hydrogen) atoms. The molecular formula is C21H27N3O3. The number of aromatic nitrogens is 3. The highest BCUT2D eigenvalue weighted by molar-refractivity contribution is 5.98. The molecule has 3 aromatic rings. The lowest BCUT2D eigenvalue weighted by molar-refractivity contribution is 0.0971. The first-order valence-corrected chi connectivity index (χ1v) is 9.36. The predicted octanol–water partition coefficient (Wildman–Crippen LogP) is 3.16. The molecule has 3 rings (SSSR count). The molecule has 0 saturated heterocycles. The zero-order valence-electron chi connectivity index (χ0n) is 16.5. The molecule has 6 nitrogen and oxygen atoms in total. The fourth-order valence-corrected chi connectivity index (χ4v) is 3.70. The van der Waals surface area contributed by atoms with Crippen molar-refractivity contribution in [1.82, 2.24) is 13.7 Å². The third kappa shape index (κ3) is 3.49. The first-order chi connectivity index (χ1) is 13.0. The van der Waals surface area contributed by atoms with Crippen LogP contribution >= 0.6 is 0 Å². The van der Waals surface area contributed by atoms with Gasteiger partial charge in [-0.25, -0.2) is 4.79 Å². The number of carbonyl (C=O) groups excluding carboxylic acids is 1. The number of methoxy groups -OCH3 is 1. The van der Waals surface area contributed by atoms with Crippen molar-refractivity contribution in [3.63, 3.8) is 0 Å². The number of benzene rings is 1. The van der Waals surface area contributed by atoms with E-state index < -0.39 is 0 Å². The molecule has 0 amide bonds. The second-order valence-corrected chi connectivity index (χ2v) is 6.86. The molecule has 144 valence electrons. The third-order valence-corrected chi connectivity index (χ3v) is 5.07. The smallest absolute Gasteiger partial charge is 0.329 e. The number of ether oxygens (including phenoxy) is 1. The van der Waals surface area contributed by atoms with Crippen molar-refractivity contribution in [2.24, 2.45) is 0 Å². The van der Waals surface area contributed by atoms with E-state index in [9.17, 15) is 9.59 Å². The van der Waals surface area contributed by atoms with Gasteiger partial charge >= 0.3 is 5.69 Å². The van der Waals surface area contributed by atoms with Gasteiger partial charge in [0.15, 0.2) is 5.78 Å². The van der Waals surface area contributed by atoms with E-state index in [1.165, 1.54) is 0 Å². The minimum absolute atomic E-state index is 0.0463. The van der Waals surface area contributed by atoms with Gasteiger partial charge in [-0.1, -0.05) is 19.1 Å². The van der Waals surface area contributed by atoms with E-state index in [1.807, 2.05) is 51.1 Å². The van der Waals surface area contributed by atoms with Crippen LogP contribution in [0.3, 0.4) is 0 Å². The summed E-state index contributed by atoms with van der Waals surface area (Å²) in [6.45, 7) is 7.96. The monoisotopic (exact) mass is 369 g/mol. The number of carbonyl (C=O) groups is 1. The van der Waals surface area contributed by atoms with Crippen LogP contribution in [0.2, 0.25) is 0 Å². The Balaban J connectivity index is 1.98. The quantitative estimate of drug-likeness (QED) is 0.573. The van der Waals surface area contributed by atoms with Gasteiger partial charge in [0.1, 0.15) is 0 Å². The zero-order chi connectivity index (χ0) is 19.6. The summed E-state index contributed by atoms with van der Waals surface area (Å²) in [5.74, 6) is -0.0479. The average Bonchev–Trinajstić information content (AvgIpc) is 3.09. The van der Waals surface area contributed by atoms with Gasteiger partial charge in [-0.05, 0) is 38.5 Å². The Hall–Kier alpha value is -2.60. The summed E-state index contributed by atoms with van der Waals surface area (Å²) in [6, 6.07) is 9.56. The number of ketones is 1. The minimum atomic E-state index is -0.125. The SMILES string of the molecule is CCCn1c(=O)n(CC(=O)c2cc(C)n(CCOC)c2C)c2ccccc21. The molecule has 0 radical (unpaired) electrons. The van der Waals surface area contributed by atoms with Gasteiger partial charge in [0.2, 0.25) is 0 Å². The molecule has 0 fully saturated rings. The Morgan fingerprint density at radius 3 is 2.33 bits per heavy atom. The van der Waals surface area contributed by atoms with E-state index in [0.717, 1.165) is 28.8 Å². The first kappa shape index (κ1) is 19.2. The molecule has 0 spiro atoms. The summed E-state index contributed by atoms with van der Waals surface area (Å²) < 4.78 is 10.6. The summed E-state index contributed by atoms with van der Waals surface area (Å²) >= 11 is 0. The van der Waals surface area contributed by atoms with Crippen molar-refractivity contribution in [1.29, 1.82) is 0 Å². The molecule has 0 atom stereocenters. The number of Topliss-reactive ketones (excluding diaryl/α,β-unsaturated/α-hetero) is 1. The molecule has 0 unspecified atom stereocenters. The van der Waals surface area contributed by atoms with Crippen molar-refractivity contribution in [3.8, 4) is 0 Å². The number of hydrogen-bond acceptors (Lipinski definition) is 3. The van der Waals surface area contributed by atoms with Gasteiger partial charge in [-0.15, -0.1) is 0 Å². The largest absolute Gasteiger partial charge is 0.383 e. The van der Waals surface area contributed by atoms with Crippen LogP contribution < -0.4 is 5.69 Å². The minimum Gasteiger partial charge on any atom is -0.383 e. The van der Waals surface area contributed by atoms with E-state index in [0.29, 0.717) is 25.3 Å². The van der Waals surface area contributed by atoms with Gasteiger partial charge in [-0.2, -0.15) is 0 Å². The Morgan fingerprint density at radius 1 is 1.04 bits per heavy atom. The van der Waals surface area contributed by atoms with Crippen molar-refractivity contribution in [2.45, 2.75) is 46.8 Å². The highest BCUT2D eigenvalue weighted by Crippen LogP contribution is 2.18. The van der Waals surface area contributed by atoms with E-state index in [4.69, 9.17) is 4.74 Å². The molecule has 0 saturated carbocycles. The lowest BCUT2D eigenvalue weighted by atomic mass is 10.1. The van der Waals surface area contributed by atoms with Crippen LogP contribution in [-0.2, 0) is 24.4 Å². The molecule has 0 aliphatic rings. The summed E-state index contributed by atoms with van der Waals surface area (Å²) in [7, 11) is 1.67. The number of fused-ring (bicyclic) bond motifs is 1. The van der Waals surface area contributed by atoms with Gasteiger partial charge in [0.05, 0.1) is 24.2 Å². The Labute approximate surface area is 159 Å². The number of hydrogen-bond donors (Lipinski definition) is 0. The maximum absolute atomic E-state index is 13.0. The number of rotatable bonds is 8. The van der Waals surface area contributed by atoms with Gasteiger partial charge < -0.3 is 9.30 Å². The molecule has 0 bridgehead atoms. The van der Waals surface area contributed by atoms with Crippen molar-refractivity contribution in [2.75, 3.05) is 13.7 Å². The molecule has 0 aliphatic heterocycles. The van der Waals surface area contributed by atoms with Crippen molar-refractivity contribution < 1.29 is 9.53 Å². The second-order valence-electron chi connectivity index (χ2n) is 6.86. The number of nitrogens with zero attached hydrogens (tertiary/aromatic N) is 3. The summed E-state index contributed by atoms with van der Waals surface area (Å²) in [5.41, 5.74) is 4.16. The van der Waals surface area contributed by atoms with Gasteiger partial charge in [-0.3, -0.25) is 13.9 Å². The normalized spacial score (nSPS) is 11.4. The van der Waals surface area contributed by atoms with Crippen LogP contribution in [0.15, 0.2) is 35.1 Å². The number of imidazole rings is 1. The van der Waals surface area contributed by atoms with E-state index in [1.54, 1.807) is 16.2 Å². The Bertz CT molecular complexity index is 1020. The highest BCUT2D eigenvalue weighted by atomic mass is 16.5. The molecular weight excluding hydrogens is 342 g/mol. The maximum atomic E-state index is 13.0. The van der Waals surface area contributed by atoms with Crippen LogP contribution in [0.5, 0.6) is 0 Å². The average molecular weight is 369 g/mol. The first-order valence-electron chi connectivity index (χ1n) is 9.36. The standard InChI is InChI=1S/C21H27N3O3/c1-5-10-23-18-8-6-7-9-19(18)24(21(23)26)14-20(25)17-13-15(2)22(16(17)3)11-12-27-4/h6-9,13H,5,10-12,14H2,1-4H3. The Morgan fingerprint density at radius 2 is 1.70 bits per heavy atom. The van der Waals surface area contributed by atoms with Crippen LogP contribution in [0.4, 0.5) is 0 Å². The molecule has 1 aromatic carbocycles. The predicted molar refractivity (Wildman–Crippen MR) is 107 cm³/mol. The fourth-order valence-electron chi connectivity index (χ4n) is 3.70. The maximum Gasteiger partial charge on any atom is 0.329 e.